The average molecular weight is 487 g/mol. The summed E-state index contributed by atoms with van der Waals surface area (Å²) in [7, 11) is 2.20. The standard InChI is InChI=1S/C21H37N5.HI/c1-5-22-21(23-11-10-18(2)3)24-16-19-6-8-20(9-7-19)17-26-14-12-25(4)13-15-26;/h6-9,18H,5,10-17H2,1-4H3,(H2,22,23,24);1H. The third kappa shape index (κ3) is 9.76. The van der Waals surface area contributed by atoms with Crippen molar-refractivity contribution in [2.75, 3.05) is 46.3 Å². The van der Waals surface area contributed by atoms with Crippen LogP contribution in [0.5, 0.6) is 0 Å². The van der Waals surface area contributed by atoms with Gasteiger partial charge in [0.25, 0.3) is 0 Å². The van der Waals surface area contributed by atoms with E-state index in [0.717, 1.165) is 45.1 Å². The van der Waals surface area contributed by atoms with E-state index in [1.54, 1.807) is 0 Å². The number of hydrogen-bond donors (Lipinski definition) is 2. The van der Waals surface area contributed by atoms with E-state index in [9.17, 15) is 0 Å². The van der Waals surface area contributed by atoms with Crippen molar-refractivity contribution < 1.29 is 0 Å². The van der Waals surface area contributed by atoms with Gasteiger partial charge in [0, 0.05) is 45.8 Å². The smallest absolute Gasteiger partial charge is 0.191 e. The maximum atomic E-state index is 4.71. The predicted molar refractivity (Wildman–Crippen MR) is 127 cm³/mol. The van der Waals surface area contributed by atoms with Gasteiger partial charge in [0.15, 0.2) is 5.96 Å². The van der Waals surface area contributed by atoms with Gasteiger partial charge in [-0.1, -0.05) is 38.1 Å². The Bertz CT molecular complexity index is 536. The fraction of sp³-hybridized carbons (Fsp3) is 0.667. The number of piperazine rings is 1. The lowest BCUT2D eigenvalue weighted by Crippen LogP contribution is -2.43. The Morgan fingerprint density at radius 3 is 2.26 bits per heavy atom. The van der Waals surface area contributed by atoms with Gasteiger partial charge < -0.3 is 15.5 Å². The highest BCUT2D eigenvalue weighted by Crippen LogP contribution is 2.10. The van der Waals surface area contributed by atoms with Crippen molar-refractivity contribution in [1.29, 1.82) is 0 Å². The number of rotatable bonds is 8. The molecule has 1 saturated heterocycles. The number of benzene rings is 1. The number of nitrogens with one attached hydrogen (secondary N) is 2. The Kier molecular flexibility index (Phi) is 11.9. The van der Waals surface area contributed by atoms with Gasteiger partial charge in [-0.2, -0.15) is 0 Å². The van der Waals surface area contributed by atoms with Gasteiger partial charge in [-0.05, 0) is 37.4 Å². The molecule has 2 rings (SSSR count). The van der Waals surface area contributed by atoms with Crippen molar-refractivity contribution in [1.82, 2.24) is 20.4 Å². The summed E-state index contributed by atoms with van der Waals surface area (Å²) in [5.41, 5.74) is 2.65. The van der Waals surface area contributed by atoms with Crippen LogP contribution >= 0.6 is 24.0 Å². The highest BCUT2D eigenvalue weighted by atomic mass is 127. The second kappa shape index (κ2) is 13.3. The van der Waals surface area contributed by atoms with Crippen LogP contribution in [0.1, 0.15) is 38.3 Å². The monoisotopic (exact) mass is 487 g/mol. The Morgan fingerprint density at radius 1 is 1.04 bits per heavy atom. The molecule has 0 saturated carbocycles. The van der Waals surface area contributed by atoms with E-state index in [0.29, 0.717) is 12.5 Å². The summed E-state index contributed by atoms with van der Waals surface area (Å²) in [6.07, 6.45) is 1.16. The number of guanidine groups is 1. The summed E-state index contributed by atoms with van der Waals surface area (Å²) in [4.78, 5) is 9.65. The molecule has 1 heterocycles. The van der Waals surface area contributed by atoms with Crippen LogP contribution in [0.3, 0.4) is 0 Å². The average Bonchev–Trinajstić information content (AvgIpc) is 2.62. The predicted octanol–water partition coefficient (Wildman–Crippen LogP) is 3.15. The molecule has 0 atom stereocenters. The second-order valence-corrected chi connectivity index (χ2v) is 7.70. The minimum Gasteiger partial charge on any atom is -0.357 e. The van der Waals surface area contributed by atoms with E-state index in [-0.39, 0.29) is 24.0 Å². The second-order valence-electron chi connectivity index (χ2n) is 7.70. The molecule has 154 valence electrons. The highest BCUT2D eigenvalue weighted by Gasteiger charge is 2.13. The van der Waals surface area contributed by atoms with Crippen LogP contribution in [0.4, 0.5) is 0 Å². The summed E-state index contributed by atoms with van der Waals surface area (Å²) in [5.74, 6) is 1.62. The van der Waals surface area contributed by atoms with Gasteiger partial charge in [-0.3, -0.25) is 4.90 Å². The first-order chi connectivity index (χ1) is 12.6. The summed E-state index contributed by atoms with van der Waals surface area (Å²) < 4.78 is 0. The van der Waals surface area contributed by atoms with Crippen LogP contribution in [0.15, 0.2) is 29.3 Å². The number of aliphatic imine (C=N–C) groups is 1. The van der Waals surface area contributed by atoms with E-state index in [2.05, 4.69) is 72.5 Å². The quantitative estimate of drug-likeness (QED) is 0.336. The topological polar surface area (TPSA) is 42.9 Å². The van der Waals surface area contributed by atoms with Crippen molar-refractivity contribution in [2.24, 2.45) is 10.9 Å². The fourth-order valence-corrected chi connectivity index (χ4v) is 3.01. The van der Waals surface area contributed by atoms with Crippen molar-refractivity contribution in [2.45, 2.75) is 40.3 Å². The maximum Gasteiger partial charge on any atom is 0.191 e. The van der Waals surface area contributed by atoms with Crippen LogP contribution in [0, 0.1) is 5.92 Å². The van der Waals surface area contributed by atoms with E-state index in [4.69, 9.17) is 4.99 Å². The van der Waals surface area contributed by atoms with E-state index in [1.807, 2.05) is 0 Å². The largest absolute Gasteiger partial charge is 0.357 e. The number of likely N-dealkylation sites (N-methyl/N-ethyl adjacent to an activating group) is 1. The normalized spacial score (nSPS) is 16.3. The summed E-state index contributed by atoms with van der Waals surface area (Å²) in [5, 5.41) is 6.74. The minimum absolute atomic E-state index is 0. The maximum absolute atomic E-state index is 4.71. The molecular formula is C21H38IN5. The molecule has 2 N–H and O–H groups in total. The van der Waals surface area contributed by atoms with E-state index in [1.165, 1.54) is 24.2 Å². The molecule has 0 aromatic heterocycles. The highest BCUT2D eigenvalue weighted by molar-refractivity contribution is 14.0. The van der Waals surface area contributed by atoms with Crippen molar-refractivity contribution in [3.8, 4) is 0 Å². The third-order valence-corrected chi connectivity index (χ3v) is 4.80. The Hall–Kier alpha value is -0.860. The first kappa shape index (κ1) is 24.2. The lowest BCUT2D eigenvalue weighted by Gasteiger charge is -2.32. The Balaban J connectivity index is 0.00000364. The van der Waals surface area contributed by atoms with Crippen LogP contribution in [-0.2, 0) is 13.1 Å². The number of hydrogen-bond acceptors (Lipinski definition) is 3. The molecule has 1 fully saturated rings. The van der Waals surface area contributed by atoms with Crippen LogP contribution < -0.4 is 10.6 Å². The van der Waals surface area contributed by atoms with Crippen LogP contribution in [0.25, 0.3) is 0 Å². The molecular weight excluding hydrogens is 449 g/mol. The third-order valence-electron chi connectivity index (χ3n) is 4.80. The molecule has 1 aromatic rings. The molecule has 1 aromatic carbocycles. The number of halogens is 1. The fourth-order valence-electron chi connectivity index (χ4n) is 3.01. The summed E-state index contributed by atoms with van der Waals surface area (Å²) in [6, 6.07) is 8.93. The first-order valence-electron chi connectivity index (χ1n) is 10.1. The summed E-state index contributed by atoms with van der Waals surface area (Å²) in [6.45, 7) is 14.9. The van der Waals surface area contributed by atoms with Gasteiger partial charge in [0.2, 0.25) is 0 Å². The molecule has 1 aliphatic heterocycles. The van der Waals surface area contributed by atoms with Crippen LogP contribution in [-0.4, -0.2) is 62.1 Å². The van der Waals surface area contributed by atoms with Crippen molar-refractivity contribution in [3.05, 3.63) is 35.4 Å². The minimum atomic E-state index is 0. The van der Waals surface area contributed by atoms with Gasteiger partial charge in [-0.25, -0.2) is 4.99 Å². The molecule has 0 radical (unpaired) electrons. The lowest BCUT2D eigenvalue weighted by molar-refractivity contribution is 0.148. The molecule has 27 heavy (non-hydrogen) atoms. The zero-order valence-corrected chi connectivity index (χ0v) is 19.8. The first-order valence-corrected chi connectivity index (χ1v) is 10.1. The Labute approximate surface area is 183 Å². The SMILES string of the molecule is CCNC(=NCc1ccc(CN2CCN(C)CC2)cc1)NCCC(C)C.I. The van der Waals surface area contributed by atoms with Gasteiger partial charge in [-0.15, -0.1) is 24.0 Å². The van der Waals surface area contributed by atoms with Crippen molar-refractivity contribution in [3.63, 3.8) is 0 Å². The van der Waals surface area contributed by atoms with Gasteiger partial charge in [0.1, 0.15) is 0 Å². The Morgan fingerprint density at radius 2 is 1.67 bits per heavy atom. The van der Waals surface area contributed by atoms with E-state index >= 15 is 0 Å². The molecule has 0 unspecified atom stereocenters. The molecule has 5 nitrogen and oxygen atoms in total. The zero-order valence-electron chi connectivity index (χ0n) is 17.5. The van der Waals surface area contributed by atoms with Gasteiger partial charge in [0.05, 0.1) is 6.54 Å². The lowest BCUT2D eigenvalue weighted by atomic mass is 10.1. The molecule has 6 heteroatoms. The molecule has 0 amide bonds. The molecule has 1 aliphatic rings. The van der Waals surface area contributed by atoms with Crippen molar-refractivity contribution >= 4 is 29.9 Å². The molecule has 0 aliphatic carbocycles. The van der Waals surface area contributed by atoms with Crippen LogP contribution in [0.2, 0.25) is 0 Å². The molecule has 0 bridgehead atoms. The zero-order chi connectivity index (χ0) is 18.8. The summed E-state index contributed by atoms with van der Waals surface area (Å²) >= 11 is 0. The number of nitrogens with zero attached hydrogens (tertiary/aromatic N) is 3. The van der Waals surface area contributed by atoms with E-state index < -0.39 is 0 Å². The van der Waals surface area contributed by atoms with Gasteiger partial charge >= 0.3 is 0 Å². The molecule has 0 spiro atoms.